The Kier molecular flexibility index (Phi) is 4.59. The Balaban J connectivity index is 1.95. The summed E-state index contributed by atoms with van der Waals surface area (Å²) in [6.07, 6.45) is 2.88. The van der Waals surface area contributed by atoms with Crippen LogP contribution in [0.3, 0.4) is 0 Å². The lowest BCUT2D eigenvalue weighted by Crippen LogP contribution is -2.38. The minimum absolute atomic E-state index is 0.139. The van der Waals surface area contributed by atoms with E-state index in [0.29, 0.717) is 24.1 Å². The molecule has 5 heteroatoms. The fraction of sp³-hybridized carbons (Fsp3) is 0.583. The van der Waals surface area contributed by atoms with E-state index in [2.05, 4.69) is 17.2 Å². The molecule has 2 heterocycles. The third-order valence-electron chi connectivity index (χ3n) is 2.55. The molecule has 4 nitrogen and oxygen atoms in total. The lowest BCUT2D eigenvalue weighted by Gasteiger charge is -2.26. The van der Waals surface area contributed by atoms with Gasteiger partial charge in [0.2, 0.25) is 5.88 Å². The Hall–Kier alpha value is -0.840. The largest absolute Gasteiger partial charge is 0.469 e. The number of ether oxygens (including phenoxy) is 2. The molecule has 1 aromatic heterocycles. The average molecular weight is 257 g/mol. The molecule has 1 aliphatic heterocycles. The molecule has 94 valence electrons. The van der Waals surface area contributed by atoms with Crippen LogP contribution in [0.4, 0.5) is 0 Å². The molecule has 0 unspecified atom stereocenters. The van der Waals surface area contributed by atoms with Gasteiger partial charge in [0, 0.05) is 18.8 Å². The Morgan fingerprint density at radius 1 is 1.59 bits per heavy atom. The first kappa shape index (κ1) is 12.6. The molecule has 0 spiro atoms. The molecule has 0 amide bonds. The second-order valence-corrected chi connectivity index (χ2v) is 4.48. The maximum atomic E-state index is 6.08. The fourth-order valence-electron chi connectivity index (χ4n) is 1.51. The molecule has 2 rings (SSSR count). The van der Waals surface area contributed by atoms with E-state index < -0.39 is 0 Å². The number of rotatable bonds is 6. The second-order valence-electron chi connectivity index (χ2n) is 4.07. The number of hydrogen-bond donors (Lipinski definition) is 1. The molecule has 0 aliphatic carbocycles. The minimum Gasteiger partial charge on any atom is -0.469 e. The molecule has 17 heavy (non-hydrogen) atoms. The van der Waals surface area contributed by atoms with Crippen molar-refractivity contribution in [3.05, 3.63) is 22.8 Å². The zero-order valence-electron chi connectivity index (χ0n) is 9.91. The van der Waals surface area contributed by atoms with Crippen LogP contribution in [0, 0.1) is 0 Å². The first-order chi connectivity index (χ1) is 8.29. The van der Waals surface area contributed by atoms with Gasteiger partial charge < -0.3 is 14.8 Å². The molecule has 1 saturated heterocycles. The van der Waals surface area contributed by atoms with Crippen molar-refractivity contribution in [1.29, 1.82) is 0 Å². The van der Waals surface area contributed by atoms with Crippen molar-refractivity contribution in [2.24, 2.45) is 0 Å². The molecule has 1 aliphatic rings. The second kappa shape index (κ2) is 6.19. The van der Waals surface area contributed by atoms with Gasteiger partial charge in [-0.1, -0.05) is 18.5 Å². The van der Waals surface area contributed by atoms with E-state index in [-0.39, 0.29) is 6.10 Å². The van der Waals surface area contributed by atoms with Gasteiger partial charge in [-0.3, -0.25) is 0 Å². The summed E-state index contributed by atoms with van der Waals surface area (Å²) >= 11 is 6.08. The van der Waals surface area contributed by atoms with Crippen molar-refractivity contribution in [2.45, 2.75) is 26.0 Å². The van der Waals surface area contributed by atoms with Crippen molar-refractivity contribution < 1.29 is 9.47 Å². The summed E-state index contributed by atoms with van der Waals surface area (Å²) < 4.78 is 10.7. The normalized spacial score (nSPS) is 15.6. The number of aromatic nitrogens is 1. The van der Waals surface area contributed by atoms with E-state index in [4.69, 9.17) is 21.1 Å². The van der Waals surface area contributed by atoms with Crippen molar-refractivity contribution in [3.8, 4) is 5.88 Å². The van der Waals surface area contributed by atoms with Crippen LogP contribution >= 0.6 is 11.6 Å². The lowest BCUT2D eigenvalue weighted by molar-refractivity contribution is -0.0813. The van der Waals surface area contributed by atoms with Gasteiger partial charge in [0.25, 0.3) is 0 Å². The van der Waals surface area contributed by atoms with Gasteiger partial charge in [0.1, 0.15) is 6.10 Å². The quantitative estimate of drug-likeness (QED) is 0.791. The van der Waals surface area contributed by atoms with Gasteiger partial charge in [0.05, 0.1) is 18.2 Å². The van der Waals surface area contributed by atoms with Crippen molar-refractivity contribution in [1.82, 2.24) is 10.3 Å². The molecule has 1 aromatic rings. The topological polar surface area (TPSA) is 43.4 Å². The van der Waals surface area contributed by atoms with Gasteiger partial charge in [-0.25, -0.2) is 4.98 Å². The number of nitrogens with one attached hydrogen (secondary N) is 1. The van der Waals surface area contributed by atoms with Gasteiger partial charge in [0.15, 0.2) is 0 Å². The average Bonchev–Trinajstić information content (AvgIpc) is 2.27. The van der Waals surface area contributed by atoms with Gasteiger partial charge in [-0.2, -0.15) is 0 Å². The van der Waals surface area contributed by atoms with Crippen LogP contribution < -0.4 is 10.1 Å². The molecule has 1 N–H and O–H groups in total. The predicted octanol–water partition coefficient (Wildman–Crippen LogP) is 2.01. The highest BCUT2D eigenvalue weighted by molar-refractivity contribution is 6.31. The summed E-state index contributed by atoms with van der Waals surface area (Å²) in [5.74, 6) is 0.621. The molecule has 0 bridgehead atoms. The van der Waals surface area contributed by atoms with Crippen LogP contribution in [0.25, 0.3) is 0 Å². The van der Waals surface area contributed by atoms with Crippen LogP contribution in [0.1, 0.15) is 18.9 Å². The summed E-state index contributed by atoms with van der Waals surface area (Å²) in [4.78, 5) is 4.15. The molecule has 0 atom stereocenters. The maximum Gasteiger partial charge on any atom is 0.214 e. The molecule has 1 fully saturated rings. The number of hydrogen-bond acceptors (Lipinski definition) is 4. The molecular weight excluding hydrogens is 240 g/mol. The Morgan fingerprint density at radius 2 is 2.41 bits per heavy atom. The van der Waals surface area contributed by atoms with Gasteiger partial charge in [-0.05, 0) is 18.5 Å². The zero-order chi connectivity index (χ0) is 12.1. The molecule has 0 saturated carbocycles. The van der Waals surface area contributed by atoms with E-state index in [1.54, 1.807) is 6.20 Å². The van der Waals surface area contributed by atoms with E-state index in [9.17, 15) is 0 Å². The standard InChI is InChI=1S/C12H17ClN2O2/c1-2-3-14-5-9-4-12(15-6-11(9)13)17-10-7-16-8-10/h4,6,10,14H,2-3,5,7-8H2,1H3. The Morgan fingerprint density at radius 3 is 3.06 bits per heavy atom. The van der Waals surface area contributed by atoms with Crippen LogP contribution in [-0.4, -0.2) is 30.8 Å². The number of nitrogens with zero attached hydrogens (tertiary/aromatic N) is 1. The first-order valence-electron chi connectivity index (χ1n) is 5.89. The molecular formula is C12H17ClN2O2. The van der Waals surface area contributed by atoms with Crippen molar-refractivity contribution in [2.75, 3.05) is 19.8 Å². The molecule has 0 aromatic carbocycles. The number of halogens is 1. The van der Waals surface area contributed by atoms with E-state index in [1.165, 1.54) is 0 Å². The van der Waals surface area contributed by atoms with Crippen LogP contribution in [-0.2, 0) is 11.3 Å². The summed E-state index contributed by atoms with van der Waals surface area (Å²) in [5.41, 5.74) is 1.02. The van der Waals surface area contributed by atoms with Gasteiger partial charge in [-0.15, -0.1) is 0 Å². The summed E-state index contributed by atoms with van der Waals surface area (Å²) in [6.45, 7) is 5.14. The monoisotopic (exact) mass is 256 g/mol. The first-order valence-corrected chi connectivity index (χ1v) is 6.27. The predicted molar refractivity (Wildman–Crippen MR) is 66.5 cm³/mol. The molecule has 0 radical (unpaired) electrons. The Bertz CT molecular complexity index is 370. The minimum atomic E-state index is 0.139. The highest BCUT2D eigenvalue weighted by Gasteiger charge is 2.20. The maximum absolute atomic E-state index is 6.08. The summed E-state index contributed by atoms with van der Waals surface area (Å²) in [6, 6.07) is 1.89. The van der Waals surface area contributed by atoms with Crippen LogP contribution in [0.5, 0.6) is 5.88 Å². The third-order valence-corrected chi connectivity index (χ3v) is 2.89. The van der Waals surface area contributed by atoms with Crippen molar-refractivity contribution in [3.63, 3.8) is 0 Å². The summed E-state index contributed by atoms with van der Waals surface area (Å²) in [7, 11) is 0. The summed E-state index contributed by atoms with van der Waals surface area (Å²) in [5, 5.41) is 3.98. The fourth-order valence-corrected chi connectivity index (χ4v) is 1.68. The zero-order valence-corrected chi connectivity index (χ0v) is 10.7. The highest BCUT2D eigenvalue weighted by atomic mass is 35.5. The van der Waals surface area contributed by atoms with E-state index >= 15 is 0 Å². The third kappa shape index (κ3) is 3.56. The lowest BCUT2D eigenvalue weighted by atomic mass is 10.2. The van der Waals surface area contributed by atoms with Crippen LogP contribution in [0.2, 0.25) is 5.02 Å². The van der Waals surface area contributed by atoms with Crippen molar-refractivity contribution >= 4 is 11.6 Å². The number of pyridine rings is 1. The highest BCUT2D eigenvalue weighted by Crippen LogP contribution is 2.21. The van der Waals surface area contributed by atoms with Gasteiger partial charge >= 0.3 is 0 Å². The van der Waals surface area contributed by atoms with E-state index in [1.807, 2.05) is 6.07 Å². The SMILES string of the molecule is CCCNCc1cc(OC2COC2)ncc1Cl. The Labute approximate surface area is 106 Å². The van der Waals surface area contributed by atoms with Crippen LogP contribution in [0.15, 0.2) is 12.3 Å². The van der Waals surface area contributed by atoms with E-state index in [0.717, 1.165) is 25.1 Å². The smallest absolute Gasteiger partial charge is 0.214 e.